The van der Waals surface area contributed by atoms with Crippen LogP contribution in [0.15, 0.2) is 47.1 Å². The number of hydrogen-bond donors (Lipinski definition) is 1. The van der Waals surface area contributed by atoms with Crippen molar-refractivity contribution in [1.82, 2.24) is 15.1 Å². The highest BCUT2D eigenvalue weighted by atomic mass is 16.3. The summed E-state index contributed by atoms with van der Waals surface area (Å²) in [6, 6.07) is 11.9. The first-order chi connectivity index (χ1) is 11.6. The van der Waals surface area contributed by atoms with Crippen molar-refractivity contribution < 1.29 is 9.21 Å². The molecule has 0 spiro atoms. The molecule has 1 saturated carbocycles. The zero-order valence-corrected chi connectivity index (χ0v) is 13.7. The molecule has 24 heavy (non-hydrogen) atoms. The summed E-state index contributed by atoms with van der Waals surface area (Å²) in [5, 5.41) is 7.68. The fourth-order valence-corrected chi connectivity index (χ4v) is 2.71. The fourth-order valence-electron chi connectivity index (χ4n) is 2.71. The van der Waals surface area contributed by atoms with Crippen LogP contribution in [-0.4, -0.2) is 21.7 Å². The van der Waals surface area contributed by atoms with E-state index in [4.69, 9.17) is 4.42 Å². The number of benzene rings is 1. The van der Waals surface area contributed by atoms with Crippen molar-refractivity contribution in [2.24, 2.45) is 0 Å². The Morgan fingerprint density at radius 2 is 2.08 bits per heavy atom. The third-order valence-corrected chi connectivity index (χ3v) is 4.22. The highest BCUT2D eigenvalue weighted by molar-refractivity contribution is 5.94. The molecule has 0 atom stereocenters. The Labute approximate surface area is 140 Å². The van der Waals surface area contributed by atoms with Crippen molar-refractivity contribution >= 4 is 5.91 Å². The summed E-state index contributed by atoms with van der Waals surface area (Å²) >= 11 is 0. The van der Waals surface area contributed by atoms with Gasteiger partial charge in [-0.15, -0.1) is 0 Å². The number of amides is 1. The zero-order valence-electron chi connectivity index (χ0n) is 13.7. The van der Waals surface area contributed by atoms with Crippen molar-refractivity contribution in [2.45, 2.75) is 32.7 Å². The first-order valence-electron chi connectivity index (χ1n) is 8.14. The maximum Gasteiger partial charge on any atom is 0.270 e. The Kier molecular flexibility index (Phi) is 3.49. The van der Waals surface area contributed by atoms with E-state index >= 15 is 0 Å². The predicted molar refractivity (Wildman–Crippen MR) is 91.2 cm³/mol. The van der Waals surface area contributed by atoms with Gasteiger partial charge in [0.2, 0.25) is 0 Å². The Morgan fingerprint density at radius 3 is 2.79 bits per heavy atom. The van der Waals surface area contributed by atoms with E-state index < -0.39 is 0 Å². The monoisotopic (exact) mass is 321 g/mol. The third kappa shape index (κ3) is 2.73. The van der Waals surface area contributed by atoms with Gasteiger partial charge in [-0.2, -0.15) is 5.10 Å². The highest BCUT2D eigenvalue weighted by Gasteiger charge is 2.27. The second kappa shape index (κ2) is 5.67. The van der Waals surface area contributed by atoms with Gasteiger partial charge in [0.05, 0.1) is 12.0 Å². The lowest BCUT2D eigenvalue weighted by molar-refractivity contribution is 0.0943. The lowest BCUT2D eigenvalue weighted by Crippen LogP contribution is -2.27. The summed E-state index contributed by atoms with van der Waals surface area (Å²) in [6.07, 6.45) is 3.71. The van der Waals surface area contributed by atoms with Gasteiger partial charge in [-0.25, -0.2) is 4.68 Å². The minimum atomic E-state index is -0.0938. The quantitative estimate of drug-likeness (QED) is 0.798. The number of carbonyl (C=O) groups is 1. The summed E-state index contributed by atoms with van der Waals surface area (Å²) in [4.78, 5) is 12.7. The first kappa shape index (κ1) is 14.8. The molecular formula is C19H19N3O2. The van der Waals surface area contributed by atoms with E-state index in [0.717, 1.165) is 29.7 Å². The molecule has 1 aromatic carbocycles. The summed E-state index contributed by atoms with van der Waals surface area (Å²) in [5.74, 6) is 0.559. The van der Waals surface area contributed by atoms with Crippen molar-refractivity contribution in [1.29, 1.82) is 0 Å². The Balaban J connectivity index is 1.83. The van der Waals surface area contributed by atoms with E-state index in [1.165, 1.54) is 0 Å². The normalized spacial score (nSPS) is 13.9. The van der Waals surface area contributed by atoms with Crippen LogP contribution in [0.4, 0.5) is 0 Å². The van der Waals surface area contributed by atoms with Crippen LogP contribution >= 0.6 is 0 Å². The van der Waals surface area contributed by atoms with Crippen LogP contribution in [0.25, 0.3) is 17.1 Å². The molecule has 1 amide bonds. The average molecular weight is 321 g/mol. The lowest BCUT2D eigenvalue weighted by atomic mass is 10.1. The fraction of sp³-hybridized carbons (Fsp3) is 0.263. The molecule has 0 aliphatic heterocycles. The molecule has 0 bridgehead atoms. The van der Waals surface area contributed by atoms with Crippen molar-refractivity contribution in [3.63, 3.8) is 0 Å². The van der Waals surface area contributed by atoms with E-state index in [9.17, 15) is 4.79 Å². The van der Waals surface area contributed by atoms with Gasteiger partial charge in [0, 0.05) is 12.1 Å². The molecule has 0 unspecified atom stereocenters. The van der Waals surface area contributed by atoms with Crippen LogP contribution in [0.2, 0.25) is 0 Å². The van der Waals surface area contributed by atoms with E-state index in [1.54, 1.807) is 17.0 Å². The van der Waals surface area contributed by atoms with Crippen LogP contribution in [0, 0.1) is 13.8 Å². The minimum absolute atomic E-state index is 0.0938. The van der Waals surface area contributed by atoms with Gasteiger partial charge in [-0.1, -0.05) is 12.1 Å². The van der Waals surface area contributed by atoms with Gasteiger partial charge < -0.3 is 9.73 Å². The maximum absolute atomic E-state index is 12.7. The molecule has 4 rings (SSSR count). The van der Waals surface area contributed by atoms with Crippen molar-refractivity contribution in [3.8, 4) is 17.1 Å². The van der Waals surface area contributed by atoms with Crippen LogP contribution in [-0.2, 0) is 0 Å². The largest absolute Gasteiger partial charge is 0.463 e. The van der Waals surface area contributed by atoms with Crippen LogP contribution in [0.3, 0.4) is 0 Å². The lowest BCUT2D eigenvalue weighted by Gasteiger charge is -2.11. The number of nitrogens with zero attached hydrogens (tertiary/aromatic N) is 2. The number of carbonyl (C=O) groups excluding carboxylic acids is 1. The molecule has 122 valence electrons. The molecule has 3 aromatic rings. The Morgan fingerprint density at radius 1 is 1.25 bits per heavy atom. The third-order valence-electron chi connectivity index (χ3n) is 4.22. The number of aryl methyl sites for hydroxylation is 2. The van der Waals surface area contributed by atoms with Crippen LogP contribution < -0.4 is 5.32 Å². The topological polar surface area (TPSA) is 60.1 Å². The van der Waals surface area contributed by atoms with Gasteiger partial charge >= 0.3 is 0 Å². The van der Waals surface area contributed by atoms with Crippen molar-refractivity contribution in [2.75, 3.05) is 0 Å². The number of rotatable bonds is 4. The van der Waals surface area contributed by atoms with Crippen LogP contribution in [0.5, 0.6) is 0 Å². The Bertz CT molecular complexity index is 889. The molecule has 5 nitrogen and oxygen atoms in total. The maximum atomic E-state index is 12.7. The number of furan rings is 1. The summed E-state index contributed by atoms with van der Waals surface area (Å²) in [6.45, 7) is 4.05. The standard InChI is InChI=1S/C19H19N3O2/c1-12-5-6-13(2)16(10-12)22-17(19(23)20-14-7-8-14)11-15(21-22)18-4-3-9-24-18/h3-6,9-11,14H,7-8H2,1-2H3,(H,20,23). The smallest absolute Gasteiger partial charge is 0.270 e. The molecule has 1 N–H and O–H groups in total. The molecule has 1 fully saturated rings. The van der Waals surface area contributed by atoms with E-state index in [-0.39, 0.29) is 5.91 Å². The molecule has 0 radical (unpaired) electrons. The summed E-state index contributed by atoms with van der Waals surface area (Å²) in [5.41, 5.74) is 4.28. The number of hydrogen-bond acceptors (Lipinski definition) is 3. The summed E-state index contributed by atoms with van der Waals surface area (Å²) in [7, 11) is 0. The first-order valence-corrected chi connectivity index (χ1v) is 8.14. The van der Waals surface area contributed by atoms with Gasteiger partial charge in [0.1, 0.15) is 11.4 Å². The predicted octanol–water partition coefficient (Wildman–Crippen LogP) is 3.64. The average Bonchev–Trinajstić information content (AvgIpc) is 3.05. The van der Waals surface area contributed by atoms with Gasteiger partial charge in [-0.05, 0) is 56.0 Å². The second-order valence-electron chi connectivity index (χ2n) is 6.34. The SMILES string of the molecule is Cc1ccc(C)c(-n2nc(-c3ccco3)cc2C(=O)NC2CC2)c1. The van der Waals surface area contributed by atoms with Crippen LogP contribution in [0.1, 0.15) is 34.5 Å². The number of nitrogens with one attached hydrogen (secondary N) is 1. The molecule has 2 heterocycles. The van der Waals surface area contributed by atoms with Gasteiger partial charge in [0.25, 0.3) is 5.91 Å². The van der Waals surface area contributed by atoms with Gasteiger partial charge in [-0.3, -0.25) is 4.79 Å². The second-order valence-corrected chi connectivity index (χ2v) is 6.34. The zero-order chi connectivity index (χ0) is 16.7. The number of aromatic nitrogens is 2. The summed E-state index contributed by atoms with van der Waals surface area (Å²) < 4.78 is 7.16. The molecule has 1 aliphatic rings. The van der Waals surface area contributed by atoms with E-state index in [1.807, 2.05) is 38.1 Å². The molecule has 1 aliphatic carbocycles. The van der Waals surface area contributed by atoms with E-state index in [0.29, 0.717) is 23.2 Å². The van der Waals surface area contributed by atoms with E-state index in [2.05, 4.69) is 16.5 Å². The van der Waals surface area contributed by atoms with Gasteiger partial charge in [0.15, 0.2) is 5.76 Å². The Hall–Kier alpha value is -2.82. The minimum Gasteiger partial charge on any atom is -0.463 e. The molecule has 5 heteroatoms. The highest BCUT2D eigenvalue weighted by Crippen LogP contribution is 2.25. The van der Waals surface area contributed by atoms with Crippen molar-refractivity contribution in [3.05, 3.63) is 59.5 Å². The molecular weight excluding hydrogens is 302 g/mol. The molecule has 2 aromatic heterocycles. The molecule has 0 saturated heterocycles.